The van der Waals surface area contributed by atoms with E-state index in [0.29, 0.717) is 42.1 Å². The van der Waals surface area contributed by atoms with Gasteiger partial charge in [0.05, 0.1) is 16.6 Å². The van der Waals surface area contributed by atoms with Crippen LogP contribution >= 0.6 is 11.6 Å². The lowest BCUT2D eigenvalue weighted by Crippen LogP contribution is -2.45. The topological polar surface area (TPSA) is 71.8 Å². The van der Waals surface area contributed by atoms with Crippen LogP contribution in [0.4, 0.5) is 0 Å². The number of aromatic nitrogens is 1. The van der Waals surface area contributed by atoms with Crippen molar-refractivity contribution in [1.82, 2.24) is 14.4 Å². The number of hydrogen-bond acceptors (Lipinski definition) is 4. The number of amides is 2. The molecule has 1 spiro atoms. The van der Waals surface area contributed by atoms with Crippen LogP contribution < -0.4 is 0 Å². The number of benzene rings is 2. The number of esters is 1. The second-order valence-electron chi connectivity index (χ2n) is 8.84. The second-order valence-corrected chi connectivity index (χ2v) is 9.28. The normalized spacial score (nSPS) is 16.7. The Morgan fingerprint density at radius 3 is 2.58 bits per heavy atom. The quantitative estimate of drug-likeness (QED) is 0.553. The van der Waals surface area contributed by atoms with Crippen LogP contribution in [-0.2, 0) is 21.7 Å². The van der Waals surface area contributed by atoms with Crippen molar-refractivity contribution in [3.8, 4) is 0 Å². The predicted molar refractivity (Wildman–Crippen MR) is 124 cm³/mol. The van der Waals surface area contributed by atoms with Crippen LogP contribution in [0, 0.1) is 0 Å². The molecule has 33 heavy (non-hydrogen) atoms. The third-order valence-electron chi connectivity index (χ3n) is 6.66. The number of carbonyl (C=O) groups is 3. The molecule has 7 nitrogen and oxygen atoms in total. The minimum absolute atomic E-state index is 0.0764. The van der Waals surface area contributed by atoms with Crippen molar-refractivity contribution in [2.75, 3.05) is 27.2 Å². The SMILES string of the molecule is CN(C)C(=O)Cn1cc(C(=O)N2CCC3(CC2)OC(=O)c2ccccc23)c2ccc(Cl)cc21. The van der Waals surface area contributed by atoms with E-state index in [0.717, 1.165) is 16.5 Å². The van der Waals surface area contributed by atoms with Crippen LogP contribution in [-0.4, -0.2) is 59.3 Å². The van der Waals surface area contributed by atoms with Crippen molar-refractivity contribution < 1.29 is 19.1 Å². The molecule has 0 bridgehead atoms. The average molecular weight is 466 g/mol. The van der Waals surface area contributed by atoms with Crippen molar-refractivity contribution in [3.63, 3.8) is 0 Å². The maximum atomic E-state index is 13.5. The Morgan fingerprint density at radius 1 is 1.12 bits per heavy atom. The molecule has 170 valence electrons. The maximum absolute atomic E-state index is 13.5. The van der Waals surface area contributed by atoms with Gasteiger partial charge in [-0.2, -0.15) is 0 Å². The Kier molecular flexibility index (Phi) is 5.16. The molecule has 8 heteroatoms. The van der Waals surface area contributed by atoms with E-state index in [1.807, 2.05) is 24.3 Å². The van der Waals surface area contributed by atoms with Crippen molar-refractivity contribution in [1.29, 1.82) is 0 Å². The van der Waals surface area contributed by atoms with Crippen LogP contribution in [0.1, 0.15) is 39.1 Å². The molecule has 0 aliphatic carbocycles. The van der Waals surface area contributed by atoms with E-state index in [2.05, 4.69) is 0 Å². The first-order chi connectivity index (χ1) is 15.8. The number of halogens is 1. The maximum Gasteiger partial charge on any atom is 0.339 e. The molecule has 1 fully saturated rings. The van der Waals surface area contributed by atoms with Gasteiger partial charge < -0.3 is 19.1 Å². The number of fused-ring (bicyclic) bond motifs is 3. The molecule has 1 saturated heterocycles. The molecule has 1 aromatic heterocycles. The fourth-order valence-electron chi connectivity index (χ4n) is 4.81. The zero-order valence-electron chi connectivity index (χ0n) is 18.5. The fraction of sp³-hybridized carbons (Fsp3) is 0.320. The molecule has 0 atom stereocenters. The van der Waals surface area contributed by atoms with Crippen molar-refractivity contribution in [2.45, 2.75) is 25.0 Å². The number of rotatable bonds is 3. The molecule has 2 aliphatic heterocycles. The molecule has 3 aromatic rings. The number of carbonyl (C=O) groups excluding carboxylic acids is 3. The molecule has 0 N–H and O–H groups in total. The van der Waals surface area contributed by atoms with Crippen molar-refractivity contribution in [2.24, 2.45) is 0 Å². The van der Waals surface area contributed by atoms with Gasteiger partial charge in [-0.15, -0.1) is 0 Å². The summed E-state index contributed by atoms with van der Waals surface area (Å²) in [6.07, 6.45) is 2.83. The van der Waals surface area contributed by atoms with Crippen LogP contribution in [0.25, 0.3) is 10.9 Å². The summed E-state index contributed by atoms with van der Waals surface area (Å²) < 4.78 is 7.58. The first kappa shape index (κ1) is 21.5. The summed E-state index contributed by atoms with van der Waals surface area (Å²) in [5.74, 6) is -0.478. The summed E-state index contributed by atoms with van der Waals surface area (Å²) in [6, 6.07) is 12.8. The smallest absolute Gasteiger partial charge is 0.339 e. The standard InChI is InChI=1S/C25H24ClN3O4/c1-27(2)22(30)15-29-14-19(17-8-7-16(26)13-21(17)29)23(31)28-11-9-25(10-12-28)20-6-4-3-5-18(20)24(32)33-25/h3-8,13-14H,9-12,15H2,1-2H3. The van der Waals surface area contributed by atoms with Crippen molar-refractivity contribution in [3.05, 3.63) is 70.4 Å². The highest BCUT2D eigenvalue weighted by atomic mass is 35.5. The minimum Gasteiger partial charge on any atom is -0.450 e. The van der Waals surface area contributed by atoms with E-state index in [-0.39, 0.29) is 24.3 Å². The van der Waals surface area contributed by atoms with Crippen molar-refractivity contribution >= 4 is 40.3 Å². The largest absolute Gasteiger partial charge is 0.450 e. The van der Waals surface area contributed by atoms with Gasteiger partial charge in [0.1, 0.15) is 12.1 Å². The zero-order valence-corrected chi connectivity index (χ0v) is 19.3. The highest BCUT2D eigenvalue weighted by Gasteiger charge is 2.47. The van der Waals surface area contributed by atoms with Gasteiger partial charge in [0.15, 0.2) is 0 Å². The van der Waals surface area contributed by atoms with Gasteiger partial charge in [-0.1, -0.05) is 35.9 Å². The van der Waals surface area contributed by atoms with E-state index in [1.165, 1.54) is 4.90 Å². The van der Waals surface area contributed by atoms with E-state index >= 15 is 0 Å². The molecule has 3 heterocycles. The number of nitrogens with zero attached hydrogens (tertiary/aromatic N) is 3. The van der Waals surface area contributed by atoms with Gasteiger partial charge in [0, 0.05) is 62.2 Å². The van der Waals surface area contributed by atoms with E-state index in [9.17, 15) is 14.4 Å². The Labute approximate surface area is 196 Å². The number of piperidine rings is 1. The summed E-state index contributed by atoms with van der Waals surface area (Å²) in [7, 11) is 3.40. The summed E-state index contributed by atoms with van der Waals surface area (Å²) in [4.78, 5) is 41.5. The highest BCUT2D eigenvalue weighted by molar-refractivity contribution is 6.31. The number of ether oxygens (including phenoxy) is 1. The summed E-state index contributed by atoms with van der Waals surface area (Å²) in [5, 5.41) is 1.30. The fourth-order valence-corrected chi connectivity index (χ4v) is 4.98. The Balaban J connectivity index is 1.41. The monoisotopic (exact) mass is 465 g/mol. The zero-order chi connectivity index (χ0) is 23.3. The Hall–Kier alpha value is -3.32. The molecular formula is C25H24ClN3O4. The first-order valence-electron chi connectivity index (χ1n) is 10.9. The molecule has 2 aromatic carbocycles. The molecule has 0 radical (unpaired) electrons. The van der Waals surface area contributed by atoms with Gasteiger partial charge in [0.2, 0.25) is 5.91 Å². The number of likely N-dealkylation sites (N-methyl/N-ethyl adjacent to an activating group) is 1. The first-order valence-corrected chi connectivity index (χ1v) is 11.3. The van der Waals surface area contributed by atoms with Gasteiger partial charge in [0.25, 0.3) is 5.91 Å². The third-order valence-corrected chi connectivity index (χ3v) is 6.90. The molecule has 0 saturated carbocycles. The lowest BCUT2D eigenvalue weighted by molar-refractivity contribution is -0.129. The lowest BCUT2D eigenvalue weighted by atomic mass is 9.83. The van der Waals surface area contributed by atoms with Crippen LogP contribution in [0.3, 0.4) is 0 Å². The van der Waals surface area contributed by atoms with Gasteiger partial charge in [-0.3, -0.25) is 9.59 Å². The van der Waals surface area contributed by atoms with Crippen LogP contribution in [0.5, 0.6) is 0 Å². The highest BCUT2D eigenvalue weighted by Crippen LogP contribution is 2.44. The summed E-state index contributed by atoms with van der Waals surface area (Å²) in [6.45, 7) is 1.06. The average Bonchev–Trinajstić information content (AvgIpc) is 3.29. The van der Waals surface area contributed by atoms with E-state index in [4.69, 9.17) is 16.3 Å². The Morgan fingerprint density at radius 2 is 1.85 bits per heavy atom. The van der Waals surface area contributed by atoms with E-state index < -0.39 is 5.60 Å². The molecule has 2 aliphatic rings. The minimum atomic E-state index is -0.663. The number of hydrogen-bond donors (Lipinski definition) is 0. The van der Waals surface area contributed by atoms with Crippen LogP contribution in [0.2, 0.25) is 5.02 Å². The summed E-state index contributed by atoms with van der Waals surface area (Å²) >= 11 is 6.20. The molecule has 0 unspecified atom stereocenters. The molecular weight excluding hydrogens is 442 g/mol. The van der Waals surface area contributed by atoms with Crippen LogP contribution in [0.15, 0.2) is 48.7 Å². The Bertz CT molecular complexity index is 1290. The van der Waals surface area contributed by atoms with Gasteiger partial charge in [-0.05, 0) is 18.2 Å². The van der Waals surface area contributed by atoms with Gasteiger partial charge >= 0.3 is 5.97 Å². The molecule has 5 rings (SSSR count). The predicted octanol–water partition coefficient (Wildman–Crippen LogP) is 3.68. The van der Waals surface area contributed by atoms with Gasteiger partial charge in [-0.25, -0.2) is 4.79 Å². The number of likely N-dealkylation sites (tertiary alicyclic amines) is 1. The van der Waals surface area contributed by atoms with E-state index in [1.54, 1.807) is 48.0 Å². The second kappa shape index (κ2) is 7.92. The summed E-state index contributed by atoms with van der Waals surface area (Å²) in [5.41, 5.74) is 2.14. The third kappa shape index (κ3) is 3.56. The lowest BCUT2D eigenvalue weighted by Gasteiger charge is -2.38. The molecule has 2 amide bonds.